The summed E-state index contributed by atoms with van der Waals surface area (Å²) in [7, 11) is 0. The summed E-state index contributed by atoms with van der Waals surface area (Å²) in [6, 6.07) is 34.5. The first-order valence-electron chi connectivity index (χ1n) is 19.3. The Balaban J connectivity index is 1.67. The van der Waals surface area contributed by atoms with E-state index in [0.717, 1.165) is 6.42 Å². The second-order valence-corrected chi connectivity index (χ2v) is 16.7. The molecular formula is C50H58. The first kappa shape index (κ1) is 35.9. The molecule has 0 saturated heterocycles. The SMILES string of the molecule is CC(C)c1cc(C(C)C)c(C2=[C][C@H](c3[c]c(-c4c(C(C)C)cc(C(C)C)cc4C(C)C)cc4ccccc34)c3ccccc3C2)c(C(C)C)c1. The Bertz CT molecular complexity index is 1980. The van der Waals surface area contributed by atoms with Crippen LogP contribution >= 0.6 is 0 Å². The summed E-state index contributed by atoms with van der Waals surface area (Å²) in [5.74, 6) is 2.57. The lowest BCUT2D eigenvalue weighted by molar-refractivity contribution is 0.795. The molecular weight excluding hydrogens is 601 g/mol. The molecule has 0 nitrogen and oxygen atoms in total. The highest BCUT2D eigenvalue weighted by atomic mass is 14.3. The number of benzene rings is 5. The second-order valence-electron chi connectivity index (χ2n) is 16.7. The van der Waals surface area contributed by atoms with Gasteiger partial charge in [-0.15, -0.1) is 0 Å². The van der Waals surface area contributed by atoms with Gasteiger partial charge < -0.3 is 0 Å². The monoisotopic (exact) mass is 658 g/mol. The van der Waals surface area contributed by atoms with Gasteiger partial charge in [-0.3, -0.25) is 0 Å². The third kappa shape index (κ3) is 6.76. The Morgan fingerprint density at radius 3 is 1.52 bits per heavy atom. The van der Waals surface area contributed by atoms with E-state index in [2.05, 4.69) is 174 Å². The fraction of sp³-hybridized carbons (Fsp3) is 0.400. The number of rotatable bonds is 9. The molecule has 6 rings (SSSR count). The number of hydrogen-bond acceptors (Lipinski definition) is 0. The second kappa shape index (κ2) is 14.4. The fourth-order valence-corrected chi connectivity index (χ4v) is 8.06. The highest BCUT2D eigenvalue weighted by molar-refractivity contribution is 5.93. The van der Waals surface area contributed by atoms with E-state index in [1.807, 2.05) is 0 Å². The summed E-state index contributed by atoms with van der Waals surface area (Å²) in [6.07, 6.45) is 5.14. The summed E-state index contributed by atoms with van der Waals surface area (Å²) >= 11 is 0. The predicted octanol–water partition coefficient (Wildman–Crippen LogP) is 14.6. The average molecular weight is 659 g/mol. The molecule has 0 N–H and O–H groups in total. The van der Waals surface area contributed by atoms with Gasteiger partial charge in [-0.05, 0) is 143 Å². The lowest BCUT2D eigenvalue weighted by atomic mass is 9.73. The van der Waals surface area contributed by atoms with E-state index < -0.39 is 0 Å². The van der Waals surface area contributed by atoms with E-state index in [1.54, 1.807) is 0 Å². The summed E-state index contributed by atoms with van der Waals surface area (Å²) in [6.45, 7) is 28.1. The molecule has 0 unspecified atom stereocenters. The molecule has 1 aliphatic rings. The molecule has 0 aromatic heterocycles. The molecule has 0 aliphatic heterocycles. The van der Waals surface area contributed by atoms with Crippen molar-refractivity contribution in [2.24, 2.45) is 0 Å². The molecule has 1 atom stereocenters. The van der Waals surface area contributed by atoms with Gasteiger partial charge in [-0.1, -0.05) is 156 Å². The average Bonchev–Trinajstić information content (AvgIpc) is 3.09. The molecule has 5 aromatic carbocycles. The van der Waals surface area contributed by atoms with Gasteiger partial charge >= 0.3 is 0 Å². The predicted molar refractivity (Wildman–Crippen MR) is 218 cm³/mol. The van der Waals surface area contributed by atoms with Crippen molar-refractivity contribution in [1.82, 2.24) is 0 Å². The van der Waals surface area contributed by atoms with Crippen molar-refractivity contribution >= 4 is 16.3 Å². The van der Waals surface area contributed by atoms with Crippen LogP contribution in [0.1, 0.15) is 180 Å². The minimum Gasteiger partial charge on any atom is -0.0620 e. The largest absolute Gasteiger partial charge is 0.0620 e. The topological polar surface area (TPSA) is 0 Å². The summed E-state index contributed by atoms with van der Waals surface area (Å²) in [4.78, 5) is 0. The molecule has 1 aliphatic carbocycles. The molecule has 0 spiro atoms. The van der Waals surface area contributed by atoms with Gasteiger partial charge in [-0.2, -0.15) is 0 Å². The quantitative estimate of drug-likeness (QED) is 0.148. The summed E-state index contributed by atoms with van der Waals surface area (Å²) in [5.41, 5.74) is 18.0. The zero-order valence-corrected chi connectivity index (χ0v) is 32.8. The van der Waals surface area contributed by atoms with Crippen molar-refractivity contribution in [3.63, 3.8) is 0 Å². The number of hydrogen-bond donors (Lipinski definition) is 0. The standard InChI is InChI=1S/C50H58/c1-29(2)37-23-43(31(5)6)49(44(24-37)32(7)8)39-21-35-17-13-15-19-41(35)47(27-39)48-28-40(22-36-18-14-16-20-42(36)48)50-45(33(9)10)25-38(30(3)4)26-46(50)34(11)12/h13-21,23-26,29-34,48H,22H2,1-12H3/t48-/m0/s1. The van der Waals surface area contributed by atoms with Crippen molar-refractivity contribution in [2.75, 3.05) is 0 Å². The minimum atomic E-state index is -0.0236. The maximum Gasteiger partial charge on any atom is 0.0361 e. The van der Waals surface area contributed by atoms with Gasteiger partial charge in [0.2, 0.25) is 0 Å². The lowest BCUT2D eigenvalue weighted by Gasteiger charge is -2.30. The maximum absolute atomic E-state index is 4.24. The zero-order chi connectivity index (χ0) is 36.0. The van der Waals surface area contributed by atoms with E-state index in [9.17, 15) is 0 Å². The maximum atomic E-state index is 4.24. The highest BCUT2D eigenvalue weighted by Crippen LogP contribution is 2.46. The van der Waals surface area contributed by atoms with Gasteiger partial charge in [0, 0.05) is 5.92 Å². The van der Waals surface area contributed by atoms with Crippen molar-refractivity contribution in [3.8, 4) is 11.1 Å². The Morgan fingerprint density at radius 1 is 0.520 bits per heavy atom. The van der Waals surface area contributed by atoms with Crippen LogP contribution in [0.25, 0.3) is 27.5 Å². The fourth-order valence-electron chi connectivity index (χ4n) is 8.06. The zero-order valence-electron chi connectivity index (χ0n) is 32.8. The van der Waals surface area contributed by atoms with E-state index in [0.29, 0.717) is 35.5 Å². The molecule has 0 heteroatoms. The smallest absolute Gasteiger partial charge is 0.0361 e. The van der Waals surface area contributed by atoms with E-state index in [4.69, 9.17) is 0 Å². The van der Waals surface area contributed by atoms with Crippen LogP contribution in [-0.4, -0.2) is 0 Å². The van der Waals surface area contributed by atoms with Crippen LogP contribution in [0, 0.1) is 12.1 Å². The Kier molecular flexibility index (Phi) is 10.3. The third-order valence-corrected chi connectivity index (χ3v) is 11.0. The summed E-state index contributed by atoms with van der Waals surface area (Å²) < 4.78 is 0. The number of fused-ring (bicyclic) bond motifs is 2. The Labute approximate surface area is 304 Å². The summed E-state index contributed by atoms with van der Waals surface area (Å²) in [5, 5.41) is 2.54. The number of allylic oxidation sites excluding steroid dienone is 2. The lowest BCUT2D eigenvalue weighted by Crippen LogP contribution is -2.14. The molecule has 2 radical (unpaired) electrons. The van der Waals surface area contributed by atoms with E-state index in [1.165, 1.54) is 83.1 Å². The molecule has 0 bridgehead atoms. The van der Waals surface area contributed by atoms with Gasteiger partial charge in [-0.25, -0.2) is 0 Å². The van der Waals surface area contributed by atoms with Crippen LogP contribution < -0.4 is 0 Å². The van der Waals surface area contributed by atoms with Crippen molar-refractivity contribution in [3.05, 3.63) is 147 Å². The van der Waals surface area contributed by atoms with Crippen molar-refractivity contribution in [1.29, 1.82) is 0 Å². The minimum absolute atomic E-state index is 0.0236. The van der Waals surface area contributed by atoms with Gasteiger partial charge in [0.05, 0.1) is 0 Å². The third-order valence-electron chi connectivity index (χ3n) is 11.0. The molecule has 0 saturated carbocycles. The molecule has 5 aromatic rings. The van der Waals surface area contributed by atoms with Crippen LogP contribution in [0.5, 0.6) is 0 Å². The Morgan fingerprint density at radius 2 is 1.00 bits per heavy atom. The van der Waals surface area contributed by atoms with Gasteiger partial charge in [0.15, 0.2) is 0 Å². The van der Waals surface area contributed by atoms with Crippen LogP contribution in [-0.2, 0) is 6.42 Å². The van der Waals surface area contributed by atoms with Crippen LogP contribution in [0.2, 0.25) is 0 Å². The molecule has 50 heavy (non-hydrogen) atoms. The normalized spacial score (nSPS) is 14.9. The molecule has 258 valence electrons. The van der Waals surface area contributed by atoms with Crippen LogP contribution in [0.4, 0.5) is 0 Å². The molecule has 0 amide bonds. The molecule has 0 heterocycles. The van der Waals surface area contributed by atoms with Gasteiger partial charge in [0.25, 0.3) is 0 Å². The van der Waals surface area contributed by atoms with Crippen molar-refractivity contribution in [2.45, 2.75) is 131 Å². The molecule has 0 fully saturated rings. The first-order chi connectivity index (χ1) is 23.8. The van der Waals surface area contributed by atoms with Crippen LogP contribution in [0.3, 0.4) is 0 Å². The van der Waals surface area contributed by atoms with Crippen molar-refractivity contribution < 1.29 is 0 Å². The van der Waals surface area contributed by atoms with E-state index >= 15 is 0 Å². The van der Waals surface area contributed by atoms with E-state index in [-0.39, 0.29) is 5.92 Å². The van der Waals surface area contributed by atoms with Gasteiger partial charge in [0.1, 0.15) is 0 Å². The van der Waals surface area contributed by atoms with Crippen LogP contribution in [0.15, 0.2) is 78.9 Å². The highest BCUT2D eigenvalue weighted by Gasteiger charge is 2.29. The Hall–Kier alpha value is -3.90. The first-order valence-corrected chi connectivity index (χ1v) is 19.3.